The third-order valence-electron chi connectivity index (χ3n) is 4.61. The van der Waals surface area contributed by atoms with Gasteiger partial charge in [0.05, 0.1) is 5.60 Å². The van der Waals surface area contributed by atoms with Gasteiger partial charge in [0.25, 0.3) is 0 Å². The summed E-state index contributed by atoms with van der Waals surface area (Å²) >= 11 is 0. The van der Waals surface area contributed by atoms with Crippen LogP contribution in [0.5, 0.6) is 0 Å². The Bertz CT molecular complexity index is 389. The van der Waals surface area contributed by atoms with Crippen molar-refractivity contribution in [3.05, 3.63) is 35.9 Å². The van der Waals surface area contributed by atoms with E-state index in [-0.39, 0.29) is 11.6 Å². The van der Waals surface area contributed by atoms with Gasteiger partial charge in [0, 0.05) is 12.6 Å². The standard InChI is InChI=1S/C15H22N2O/c16-17-14(12-5-2-1-3-6-12)13-7-10-18-15(11-13)8-4-9-15/h1-3,5-6,13-14,17H,4,7-11,16H2. The van der Waals surface area contributed by atoms with Gasteiger partial charge in [-0.3, -0.25) is 11.3 Å². The summed E-state index contributed by atoms with van der Waals surface area (Å²) < 4.78 is 5.99. The van der Waals surface area contributed by atoms with Crippen molar-refractivity contribution in [1.82, 2.24) is 5.43 Å². The molecule has 0 aromatic heterocycles. The second kappa shape index (κ2) is 5.00. The molecule has 1 aromatic carbocycles. The van der Waals surface area contributed by atoms with Crippen molar-refractivity contribution in [3.8, 4) is 0 Å². The molecular formula is C15H22N2O. The van der Waals surface area contributed by atoms with Gasteiger partial charge in [-0.25, -0.2) is 0 Å². The molecule has 0 radical (unpaired) electrons. The first-order valence-corrected chi connectivity index (χ1v) is 6.98. The molecule has 1 aromatic rings. The van der Waals surface area contributed by atoms with Gasteiger partial charge in [0.1, 0.15) is 0 Å². The van der Waals surface area contributed by atoms with E-state index in [4.69, 9.17) is 10.6 Å². The van der Waals surface area contributed by atoms with E-state index in [0.29, 0.717) is 5.92 Å². The minimum absolute atomic E-state index is 0.187. The quantitative estimate of drug-likeness (QED) is 0.636. The molecule has 1 spiro atoms. The molecule has 3 rings (SSSR count). The van der Waals surface area contributed by atoms with Crippen LogP contribution in [-0.4, -0.2) is 12.2 Å². The molecule has 98 valence electrons. The van der Waals surface area contributed by atoms with Crippen LogP contribution in [0.4, 0.5) is 0 Å². The maximum atomic E-state index is 5.99. The molecule has 0 bridgehead atoms. The van der Waals surface area contributed by atoms with Crippen LogP contribution in [0.1, 0.15) is 43.7 Å². The van der Waals surface area contributed by atoms with E-state index in [1.165, 1.54) is 24.8 Å². The summed E-state index contributed by atoms with van der Waals surface area (Å²) in [5, 5.41) is 0. The fourth-order valence-electron chi connectivity index (χ4n) is 3.43. The van der Waals surface area contributed by atoms with E-state index in [9.17, 15) is 0 Å². The lowest BCUT2D eigenvalue weighted by molar-refractivity contribution is -0.147. The lowest BCUT2D eigenvalue weighted by Gasteiger charge is -2.48. The second-order valence-electron chi connectivity index (χ2n) is 5.69. The molecule has 2 aliphatic rings. The zero-order valence-corrected chi connectivity index (χ0v) is 10.8. The summed E-state index contributed by atoms with van der Waals surface area (Å²) in [4.78, 5) is 0. The zero-order valence-electron chi connectivity index (χ0n) is 10.8. The normalized spacial score (nSPS) is 27.7. The SMILES string of the molecule is NNC(c1ccccc1)C1CCOC2(CCC2)C1. The van der Waals surface area contributed by atoms with Crippen LogP contribution in [-0.2, 0) is 4.74 Å². The zero-order chi connectivity index (χ0) is 12.4. The Morgan fingerprint density at radius 3 is 2.67 bits per heavy atom. The van der Waals surface area contributed by atoms with E-state index in [1.54, 1.807) is 0 Å². The molecule has 2 fully saturated rings. The summed E-state index contributed by atoms with van der Waals surface area (Å²) in [5.74, 6) is 6.38. The molecule has 1 heterocycles. The maximum Gasteiger partial charge on any atom is 0.0686 e. The maximum absolute atomic E-state index is 5.99. The van der Waals surface area contributed by atoms with Crippen LogP contribution >= 0.6 is 0 Å². The molecule has 1 saturated carbocycles. The third-order valence-corrected chi connectivity index (χ3v) is 4.61. The Morgan fingerprint density at radius 2 is 2.06 bits per heavy atom. The molecule has 3 heteroatoms. The van der Waals surface area contributed by atoms with E-state index in [0.717, 1.165) is 19.4 Å². The van der Waals surface area contributed by atoms with Gasteiger partial charge in [0.2, 0.25) is 0 Å². The molecule has 2 unspecified atom stereocenters. The lowest BCUT2D eigenvalue weighted by Crippen LogP contribution is -2.48. The van der Waals surface area contributed by atoms with Gasteiger partial charge in [-0.05, 0) is 43.6 Å². The number of benzene rings is 1. The topological polar surface area (TPSA) is 47.3 Å². The minimum atomic E-state index is 0.187. The molecule has 18 heavy (non-hydrogen) atoms. The third kappa shape index (κ3) is 2.18. The summed E-state index contributed by atoms with van der Waals surface area (Å²) in [7, 11) is 0. The molecular weight excluding hydrogens is 224 g/mol. The first-order chi connectivity index (χ1) is 8.83. The van der Waals surface area contributed by atoms with Crippen molar-refractivity contribution in [1.29, 1.82) is 0 Å². The summed E-state index contributed by atoms with van der Waals surface area (Å²) in [6.45, 7) is 0.885. The number of hydrogen-bond acceptors (Lipinski definition) is 3. The van der Waals surface area contributed by atoms with E-state index in [2.05, 4.69) is 35.8 Å². The number of nitrogens with one attached hydrogen (secondary N) is 1. The Kier molecular flexibility index (Phi) is 3.37. The fourth-order valence-corrected chi connectivity index (χ4v) is 3.43. The highest BCUT2D eigenvalue weighted by atomic mass is 16.5. The van der Waals surface area contributed by atoms with Gasteiger partial charge in [-0.2, -0.15) is 0 Å². The first kappa shape index (κ1) is 12.2. The average molecular weight is 246 g/mol. The Morgan fingerprint density at radius 1 is 1.28 bits per heavy atom. The molecule has 0 amide bonds. The number of hydrogen-bond donors (Lipinski definition) is 2. The highest BCUT2D eigenvalue weighted by molar-refractivity contribution is 5.20. The average Bonchev–Trinajstić information content (AvgIpc) is 2.39. The van der Waals surface area contributed by atoms with Gasteiger partial charge >= 0.3 is 0 Å². The number of rotatable bonds is 3. The molecule has 3 N–H and O–H groups in total. The highest BCUT2D eigenvalue weighted by Crippen LogP contribution is 2.46. The van der Waals surface area contributed by atoms with Crippen molar-refractivity contribution in [3.63, 3.8) is 0 Å². The number of ether oxygens (including phenoxy) is 1. The van der Waals surface area contributed by atoms with Gasteiger partial charge in [0.15, 0.2) is 0 Å². The van der Waals surface area contributed by atoms with Crippen LogP contribution in [0.3, 0.4) is 0 Å². The molecule has 1 aliphatic heterocycles. The smallest absolute Gasteiger partial charge is 0.0686 e. The van der Waals surface area contributed by atoms with Gasteiger partial charge in [-0.1, -0.05) is 30.3 Å². The first-order valence-electron chi connectivity index (χ1n) is 6.98. The molecule has 3 nitrogen and oxygen atoms in total. The largest absolute Gasteiger partial charge is 0.375 e. The van der Waals surface area contributed by atoms with Gasteiger partial charge < -0.3 is 4.74 Å². The highest BCUT2D eigenvalue weighted by Gasteiger charge is 2.44. The van der Waals surface area contributed by atoms with Crippen molar-refractivity contribution >= 4 is 0 Å². The fraction of sp³-hybridized carbons (Fsp3) is 0.600. The van der Waals surface area contributed by atoms with Crippen molar-refractivity contribution in [2.24, 2.45) is 11.8 Å². The van der Waals surface area contributed by atoms with Crippen LogP contribution < -0.4 is 11.3 Å². The van der Waals surface area contributed by atoms with Crippen LogP contribution in [0.2, 0.25) is 0 Å². The summed E-state index contributed by atoms with van der Waals surface area (Å²) in [6, 6.07) is 10.8. The molecule has 1 saturated heterocycles. The summed E-state index contributed by atoms with van der Waals surface area (Å²) in [6.07, 6.45) is 6.03. The minimum Gasteiger partial charge on any atom is -0.375 e. The molecule has 1 aliphatic carbocycles. The Balaban J connectivity index is 1.75. The summed E-state index contributed by atoms with van der Waals surface area (Å²) in [5.41, 5.74) is 4.50. The second-order valence-corrected chi connectivity index (χ2v) is 5.69. The van der Waals surface area contributed by atoms with Crippen molar-refractivity contribution < 1.29 is 4.74 Å². The van der Waals surface area contributed by atoms with Crippen LogP contribution in [0, 0.1) is 5.92 Å². The van der Waals surface area contributed by atoms with E-state index >= 15 is 0 Å². The van der Waals surface area contributed by atoms with Crippen molar-refractivity contribution in [2.45, 2.75) is 43.7 Å². The Hall–Kier alpha value is -0.900. The van der Waals surface area contributed by atoms with Crippen LogP contribution in [0.25, 0.3) is 0 Å². The van der Waals surface area contributed by atoms with Gasteiger partial charge in [-0.15, -0.1) is 0 Å². The van der Waals surface area contributed by atoms with Crippen LogP contribution in [0.15, 0.2) is 30.3 Å². The number of hydrazine groups is 1. The van der Waals surface area contributed by atoms with E-state index in [1.807, 2.05) is 0 Å². The Labute approximate surface area is 109 Å². The predicted octanol–water partition coefficient (Wildman–Crippen LogP) is 2.54. The van der Waals surface area contributed by atoms with E-state index < -0.39 is 0 Å². The lowest BCUT2D eigenvalue weighted by atomic mass is 9.70. The predicted molar refractivity (Wildman–Crippen MR) is 71.8 cm³/mol. The number of nitrogens with two attached hydrogens (primary N) is 1. The molecule has 2 atom stereocenters. The van der Waals surface area contributed by atoms with Crippen molar-refractivity contribution in [2.75, 3.05) is 6.61 Å². The monoisotopic (exact) mass is 246 g/mol.